The van der Waals surface area contributed by atoms with Crippen molar-refractivity contribution in [2.24, 2.45) is 0 Å². The van der Waals surface area contributed by atoms with E-state index in [4.69, 9.17) is 5.11 Å². The molecule has 2 rings (SSSR count). The number of aliphatic carboxylic acids is 1. The van der Waals surface area contributed by atoms with E-state index in [9.17, 15) is 9.59 Å². The summed E-state index contributed by atoms with van der Waals surface area (Å²) < 4.78 is 0. The lowest BCUT2D eigenvalue weighted by Gasteiger charge is -2.21. The fourth-order valence-electron chi connectivity index (χ4n) is 2.38. The Bertz CT molecular complexity index is 447. The molecule has 0 unspecified atom stereocenters. The molecule has 5 nitrogen and oxygen atoms in total. The zero-order valence-electron chi connectivity index (χ0n) is 10.8. The summed E-state index contributed by atoms with van der Waals surface area (Å²) in [4.78, 5) is 25.8. The van der Waals surface area contributed by atoms with Crippen LogP contribution in [0, 0.1) is 0 Å². The van der Waals surface area contributed by atoms with Crippen molar-refractivity contribution in [3.63, 3.8) is 0 Å². The second kappa shape index (κ2) is 6.16. The molecule has 1 saturated heterocycles. The average Bonchev–Trinajstić information content (AvgIpc) is 2.98. The fraction of sp³-hybridized carbons (Fsp3) is 0.538. The van der Waals surface area contributed by atoms with Crippen molar-refractivity contribution in [1.29, 1.82) is 0 Å². The van der Waals surface area contributed by atoms with Gasteiger partial charge in [-0.05, 0) is 37.8 Å². The minimum absolute atomic E-state index is 0.0293. The molecule has 1 fully saturated rings. The molecular weight excluding hydrogens is 264 g/mol. The molecule has 1 aliphatic heterocycles. The molecule has 0 spiro atoms. The Labute approximate surface area is 116 Å². The Morgan fingerprint density at radius 3 is 3.05 bits per heavy atom. The maximum atomic E-state index is 11.9. The van der Waals surface area contributed by atoms with Crippen LogP contribution in [0.5, 0.6) is 0 Å². The van der Waals surface area contributed by atoms with Crippen molar-refractivity contribution in [1.82, 2.24) is 10.2 Å². The van der Waals surface area contributed by atoms with Gasteiger partial charge in [0.05, 0.1) is 12.6 Å². The molecule has 1 aromatic heterocycles. The molecule has 0 aliphatic carbocycles. The van der Waals surface area contributed by atoms with Gasteiger partial charge in [0.2, 0.25) is 5.91 Å². The van der Waals surface area contributed by atoms with E-state index in [1.54, 1.807) is 16.2 Å². The Morgan fingerprint density at radius 1 is 1.63 bits per heavy atom. The first kappa shape index (κ1) is 14.0. The molecule has 1 amide bonds. The highest BCUT2D eigenvalue weighted by Gasteiger charge is 2.31. The van der Waals surface area contributed by atoms with Gasteiger partial charge in [-0.15, -0.1) is 11.3 Å². The molecule has 104 valence electrons. The summed E-state index contributed by atoms with van der Waals surface area (Å²) in [6, 6.07) is 3.39. The van der Waals surface area contributed by atoms with Gasteiger partial charge in [0, 0.05) is 4.88 Å². The van der Waals surface area contributed by atoms with Gasteiger partial charge in [-0.25, -0.2) is 0 Å². The number of rotatable bonds is 5. The number of likely N-dealkylation sites (tertiary alicyclic amines) is 1. The minimum atomic E-state index is -0.836. The van der Waals surface area contributed by atoms with Crippen molar-refractivity contribution >= 4 is 23.2 Å². The van der Waals surface area contributed by atoms with Crippen LogP contribution in [-0.4, -0.2) is 41.0 Å². The minimum Gasteiger partial charge on any atom is -0.480 e. The Balaban J connectivity index is 1.86. The molecule has 0 aromatic carbocycles. The van der Waals surface area contributed by atoms with E-state index in [1.807, 2.05) is 24.4 Å². The summed E-state index contributed by atoms with van der Waals surface area (Å²) in [5, 5.41) is 13.9. The third-order valence-corrected chi connectivity index (χ3v) is 4.40. The number of nitrogens with zero attached hydrogens (tertiary/aromatic N) is 1. The molecule has 0 bridgehead atoms. The summed E-state index contributed by atoms with van der Waals surface area (Å²) in [7, 11) is 0. The van der Waals surface area contributed by atoms with Gasteiger partial charge in [-0.3, -0.25) is 14.5 Å². The van der Waals surface area contributed by atoms with Crippen LogP contribution in [0.4, 0.5) is 0 Å². The van der Waals surface area contributed by atoms with Crippen LogP contribution in [0.3, 0.4) is 0 Å². The van der Waals surface area contributed by atoms with E-state index < -0.39 is 12.0 Å². The number of amides is 1. The Hall–Kier alpha value is -1.40. The largest absolute Gasteiger partial charge is 0.480 e. The molecule has 2 N–H and O–H groups in total. The molecular formula is C13H18N2O3S. The second-order valence-corrected chi connectivity index (χ2v) is 5.75. The van der Waals surface area contributed by atoms with E-state index in [-0.39, 0.29) is 18.5 Å². The quantitative estimate of drug-likeness (QED) is 0.858. The highest BCUT2D eigenvalue weighted by molar-refractivity contribution is 7.10. The van der Waals surface area contributed by atoms with E-state index in [0.717, 1.165) is 11.3 Å². The molecule has 0 saturated carbocycles. The van der Waals surface area contributed by atoms with Gasteiger partial charge in [0.15, 0.2) is 0 Å². The number of carboxylic acid groups (broad SMARTS) is 1. The molecule has 6 heteroatoms. The van der Waals surface area contributed by atoms with Gasteiger partial charge in [0.25, 0.3) is 0 Å². The molecule has 1 aliphatic rings. The number of carbonyl (C=O) groups excluding carboxylic acids is 1. The third-order valence-electron chi connectivity index (χ3n) is 3.34. The second-order valence-electron chi connectivity index (χ2n) is 4.77. The normalized spacial score (nSPS) is 21.2. The zero-order chi connectivity index (χ0) is 13.8. The van der Waals surface area contributed by atoms with Crippen LogP contribution >= 0.6 is 11.3 Å². The Kier molecular flexibility index (Phi) is 4.55. The summed E-state index contributed by atoms with van der Waals surface area (Å²) in [6.07, 6.45) is 1.47. The third kappa shape index (κ3) is 3.54. The molecule has 2 heterocycles. The number of nitrogens with one attached hydrogen (secondary N) is 1. The van der Waals surface area contributed by atoms with Crippen LogP contribution in [0.25, 0.3) is 0 Å². The van der Waals surface area contributed by atoms with E-state index in [2.05, 4.69) is 5.32 Å². The summed E-state index contributed by atoms with van der Waals surface area (Å²) in [5.74, 6) is -0.953. The summed E-state index contributed by atoms with van der Waals surface area (Å²) in [6.45, 7) is 2.77. The highest BCUT2D eigenvalue weighted by atomic mass is 32.1. The molecule has 1 aromatic rings. The van der Waals surface area contributed by atoms with Crippen molar-refractivity contribution in [3.8, 4) is 0 Å². The monoisotopic (exact) mass is 282 g/mol. The van der Waals surface area contributed by atoms with Crippen LogP contribution in [0.15, 0.2) is 17.5 Å². The topological polar surface area (TPSA) is 69.6 Å². The standard InChI is InChI=1S/C13H18N2O3S/c1-9(11-5-3-7-19-11)14-12(16)8-15-6-2-4-10(15)13(17)18/h3,5,7,9-10H,2,4,6,8H2,1H3,(H,14,16)(H,17,18)/t9-,10-/m0/s1. The SMILES string of the molecule is C[C@H](NC(=O)CN1CCC[C@H]1C(=O)O)c1cccs1. The molecule has 19 heavy (non-hydrogen) atoms. The van der Waals surface area contributed by atoms with Crippen molar-refractivity contribution in [3.05, 3.63) is 22.4 Å². The van der Waals surface area contributed by atoms with Crippen molar-refractivity contribution in [2.45, 2.75) is 31.8 Å². The number of carboxylic acids is 1. The lowest BCUT2D eigenvalue weighted by molar-refractivity contribution is -0.142. The van der Waals surface area contributed by atoms with Crippen LogP contribution < -0.4 is 5.32 Å². The fourth-order valence-corrected chi connectivity index (χ4v) is 3.11. The van der Waals surface area contributed by atoms with Crippen molar-refractivity contribution < 1.29 is 14.7 Å². The first-order valence-electron chi connectivity index (χ1n) is 6.37. The van der Waals surface area contributed by atoms with Crippen LogP contribution in [-0.2, 0) is 9.59 Å². The van der Waals surface area contributed by atoms with Crippen LogP contribution in [0.1, 0.15) is 30.7 Å². The summed E-state index contributed by atoms with van der Waals surface area (Å²) >= 11 is 1.60. The average molecular weight is 282 g/mol. The van der Waals surface area contributed by atoms with Gasteiger partial charge in [-0.2, -0.15) is 0 Å². The molecule has 0 radical (unpaired) electrons. The van der Waals surface area contributed by atoms with Gasteiger partial charge < -0.3 is 10.4 Å². The number of hydrogen-bond donors (Lipinski definition) is 2. The first-order chi connectivity index (χ1) is 9.08. The van der Waals surface area contributed by atoms with E-state index >= 15 is 0 Å². The lowest BCUT2D eigenvalue weighted by Crippen LogP contribution is -2.43. The number of thiophene rings is 1. The maximum absolute atomic E-state index is 11.9. The summed E-state index contributed by atoms with van der Waals surface area (Å²) in [5.41, 5.74) is 0. The molecule has 2 atom stereocenters. The van der Waals surface area contributed by atoms with Gasteiger partial charge in [-0.1, -0.05) is 6.07 Å². The Morgan fingerprint density at radius 2 is 2.42 bits per heavy atom. The van der Waals surface area contributed by atoms with E-state index in [0.29, 0.717) is 13.0 Å². The zero-order valence-corrected chi connectivity index (χ0v) is 11.7. The lowest BCUT2D eigenvalue weighted by atomic mass is 10.2. The van der Waals surface area contributed by atoms with Crippen molar-refractivity contribution in [2.75, 3.05) is 13.1 Å². The van der Waals surface area contributed by atoms with E-state index in [1.165, 1.54) is 0 Å². The number of hydrogen-bond acceptors (Lipinski definition) is 4. The predicted octanol–water partition coefficient (Wildman–Crippen LogP) is 1.47. The van der Waals surface area contributed by atoms with Gasteiger partial charge in [0.1, 0.15) is 6.04 Å². The number of carbonyl (C=O) groups is 2. The highest BCUT2D eigenvalue weighted by Crippen LogP contribution is 2.19. The van der Waals surface area contributed by atoms with Gasteiger partial charge >= 0.3 is 5.97 Å². The smallest absolute Gasteiger partial charge is 0.320 e. The first-order valence-corrected chi connectivity index (χ1v) is 7.25. The predicted molar refractivity (Wildman–Crippen MR) is 73.1 cm³/mol. The van der Waals surface area contributed by atoms with Crippen LogP contribution in [0.2, 0.25) is 0 Å². The maximum Gasteiger partial charge on any atom is 0.320 e.